The fraction of sp³-hybridized carbons (Fsp3) is 0.471. The zero-order valence-corrected chi connectivity index (χ0v) is 14.6. The van der Waals surface area contributed by atoms with Crippen molar-refractivity contribution in [3.8, 4) is 0 Å². The Kier molecular flexibility index (Phi) is 6.00. The number of hydrogen-bond donors (Lipinski definition) is 1. The van der Waals surface area contributed by atoms with Gasteiger partial charge in [-0.15, -0.1) is 0 Å². The van der Waals surface area contributed by atoms with Gasteiger partial charge in [0.2, 0.25) is 0 Å². The highest BCUT2D eigenvalue weighted by atomic mass is 79.9. The Morgan fingerprint density at radius 1 is 1.29 bits per heavy atom. The summed E-state index contributed by atoms with van der Waals surface area (Å²) in [5.74, 6) is 0.442. The van der Waals surface area contributed by atoms with Gasteiger partial charge in [0, 0.05) is 35.7 Å². The molecule has 0 aliphatic carbocycles. The maximum Gasteiger partial charge on any atom is 0.0521 e. The molecule has 114 valence electrons. The minimum atomic E-state index is 0.442. The molecule has 4 heteroatoms. The van der Waals surface area contributed by atoms with Gasteiger partial charge >= 0.3 is 0 Å². The fourth-order valence-corrected chi connectivity index (χ4v) is 3.05. The number of aryl methyl sites for hydroxylation is 1. The molecule has 2 aromatic rings. The molecule has 2 rings (SSSR count). The van der Waals surface area contributed by atoms with E-state index < -0.39 is 0 Å². The highest BCUT2D eigenvalue weighted by Gasteiger charge is 2.16. The van der Waals surface area contributed by atoms with Gasteiger partial charge in [0.25, 0.3) is 0 Å². The molecule has 0 saturated carbocycles. The van der Waals surface area contributed by atoms with E-state index in [4.69, 9.17) is 0 Å². The first kappa shape index (κ1) is 16.2. The van der Waals surface area contributed by atoms with Crippen LogP contribution in [0.2, 0.25) is 0 Å². The van der Waals surface area contributed by atoms with E-state index in [1.54, 1.807) is 0 Å². The lowest BCUT2D eigenvalue weighted by Gasteiger charge is -2.20. The van der Waals surface area contributed by atoms with Crippen LogP contribution in [-0.2, 0) is 13.0 Å². The zero-order valence-electron chi connectivity index (χ0n) is 13.0. The van der Waals surface area contributed by atoms with Crippen LogP contribution in [0.15, 0.2) is 41.1 Å². The number of rotatable bonds is 7. The van der Waals surface area contributed by atoms with Crippen LogP contribution in [0.3, 0.4) is 0 Å². The molecule has 1 atom stereocenters. The van der Waals surface area contributed by atoms with Crippen LogP contribution in [0.1, 0.15) is 37.8 Å². The van der Waals surface area contributed by atoms with Crippen LogP contribution in [-0.4, -0.2) is 22.4 Å². The summed E-state index contributed by atoms with van der Waals surface area (Å²) in [6.45, 7) is 8.38. The lowest BCUT2D eigenvalue weighted by Crippen LogP contribution is -2.29. The van der Waals surface area contributed by atoms with Crippen LogP contribution in [0, 0.1) is 0 Å². The van der Waals surface area contributed by atoms with Crippen LogP contribution < -0.4 is 5.32 Å². The summed E-state index contributed by atoms with van der Waals surface area (Å²) in [7, 11) is 0. The van der Waals surface area contributed by atoms with Crippen molar-refractivity contribution >= 4 is 15.9 Å². The molecule has 0 fully saturated rings. The van der Waals surface area contributed by atoms with E-state index in [1.807, 2.05) is 10.9 Å². The van der Waals surface area contributed by atoms with Crippen molar-refractivity contribution in [1.82, 2.24) is 15.1 Å². The summed E-state index contributed by atoms with van der Waals surface area (Å²) in [5.41, 5.74) is 2.65. The van der Waals surface area contributed by atoms with Gasteiger partial charge in [0.1, 0.15) is 0 Å². The molecular weight excluding hydrogens is 326 g/mol. The molecule has 1 N–H and O–H groups in total. The molecule has 0 bridgehead atoms. The third-order valence-electron chi connectivity index (χ3n) is 3.61. The average molecular weight is 350 g/mol. The first-order chi connectivity index (χ1) is 10.1. The molecule has 21 heavy (non-hydrogen) atoms. The van der Waals surface area contributed by atoms with Gasteiger partial charge in [-0.05, 0) is 30.5 Å². The zero-order chi connectivity index (χ0) is 15.2. The van der Waals surface area contributed by atoms with E-state index in [-0.39, 0.29) is 0 Å². The number of aromatic nitrogens is 2. The quantitative estimate of drug-likeness (QED) is 0.818. The first-order valence-electron chi connectivity index (χ1n) is 7.59. The third-order valence-corrected chi connectivity index (χ3v) is 4.33. The van der Waals surface area contributed by atoms with Crippen LogP contribution in [0.4, 0.5) is 0 Å². The minimum Gasteiger partial charge on any atom is -0.314 e. The van der Waals surface area contributed by atoms with Crippen LogP contribution in [0.5, 0.6) is 0 Å². The summed E-state index contributed by atoms with van der Waals surface area (Å²) in [4.78, 5) is 0. The fourth-order valence-electron chi connectivity index (χ4n) is 2.45. The Labute approximate surface area is 135 Å². The predicted octanol–water partition coefficient (Wildman–Crippen LogP) is 3.99. The van der Waals surface area contributed by atoms with E-state index in [0.717, 1.165) is 19.5 Å². The molecule has 0 amide bonds. The van der Waals surface area contributed by atoms with E-state index in [2.05, 4.69) is 77.6 Å². The van der Waals surface area contributed by atoms with Crippen molar-refractivity contribution in [2.75, 3.05) is 6.54 Å². The molecule has 0 aliphatic rings. The van der Waals surface area contributed by atoms with Crippen molar-refractivity contribution < 1.29 is 0 Å². The topological polar surface area (TPSA) is 29.9 Å². The van der Waals surface area contributed by atoms with Gasteiger partial charge in [0.05, 0.1) is 6.20 Å². The summed E-state index contributed by atoms with van der Waals surface area (Å²) >= 11 is 3.69. The van der Waals surface area contributed by atoms with Gasteiger partial charge in [-0.1, -0.05) is 48.0 Å². The summed E-state index contributed by atoms with van der Waals surface area (Å²) in [5, 5.41) is 7.95. The molecule has 0 spiro atoms. The molecule has 0 saturated heterocycles. The Bertz CT molecular complexity index is 563. The first-order valence-corrected chi connectivity index (χ1v) is 8.38. The van der Waals surface area contributed by atoms with Crippen molar-refractivity contribution in [1.29, 1.82) is 0 Å². The van der Waals surface area contributed by atoms with Gasteiger partial charge in [0.15, 0.2) is 0 Å². The van der Waals surface area contributed by atoms with Crippen molar-refractivity contribution in [2.45, 2.75) is 45.7 Å². The normalized spacial score (nSPS) is 12.8. The Hall–Kier alpha value is -1.13. The standard InChI is InChI=1S/C17H24BrN3/c1-4-21-12-14(10-20-21)9-15(11-19-13(2)3)16-7-5-6-8-17(16)18/h5-8,10,12-13,15,19H,4,9,11H2,1-3H3. The number of benzene rings is 1. The van der Waals surface area contributed by atoms with Crippen molar-refractivity contribution in [3.63, 3.8) is 0 Å². The molecule has 1 heterocycles. The van der Waals surface area contributed by atoms with E-state index in [0.29, 0.717) is 12.0 Å². The van der Waals surface area contributed by atoms with Crippen LogP contribution in [0.25, 0.3) is 0 Å². The average Bonchev–Trinajstić information content (AvgIpc) is 2.92. The van der Waals surface area contributed by atoms with E-state index in [1.165, 1.54) is 15.6 Å². The Morgan fingerprint density at radius 3 is 2.67 bits per heavy atom. The maximum atomic E-state index is 4.38. The second kappa shape index (κ2) is 7.76. The molecule has 1 aromatic heterocycles. The van der Waals surface area contributed by atoms with E-state index in [9.17, 15) is 0 Å². The largest absolute Gasteiger partial charge is 0.314 e. The molecular formula is C17H24BrN3. The third kappa shape index (κ3) is 4.68. The van der Waals surface area contributed by atoms with Crippen molar-refractivity contribution in [2.24, 2.45) is 0 Å². The lowest BCUT2D eigenvalue weighted by molar-refractivity contribution is 0.525. The molecule has 0 aliphatic heterocycles. The lowest BCUT2D eigenvalue weighted by atomic mass is 9.93. The van der Waals surface area contributed by atoms with Crippen molar-refractivity contribution in [3.05, 3.63) is 52.3 Å². The number of nitrogens with one attached hydrogen (secondary N) is 1. The molecule has 3 nitrogen and oxygen atoms in total. The Morgan fingerprint density at radius 2 is 2.05 bits per heavy atom. The highest BCUT2D eigenvalue weighted by molar-refractivity contribution is 9.10. The van der Waals surface area contributed by atoms with Gasteiger partial charge in [-0.25, -0.2) is 0 Å². The number of nitrogens with zero attached hydrogens (tertiary/aromatic N) is 2. The smallest absolute Gasteiger partial charge is 0.0521 e. The molecule has 1 unspecified atom stereocenters. The second-order valence-electron chi connectivity index (χ2n) is 5.69. The summed E-state index contributed by atoms with van der Waals surface area (Å²) in [6.07, 6.45) is 5.14. The van der Waals surface area contributed by atoms with Crippen LogP contribution >= 0.6 is 15.9 Å². The van der Waals surface area contributed by atoms with Gasteiger partial charge in [-0.3, -0.25) is 4.68 Å². The molecule has 1 aromatic carbocycles. The number of halogens is 1. The maximum absolute atomic E-state index is 4.38. The molecule has 0 radical (unpaired) electrons. The predicted molar refractivity (Wildman–Crippen MR) is 91.6 cm³/mol. The van der Waals surface area contributed by atoms with Gasteiger partial charge in [-0.2, -0.15) is 5.10 Å². The SMILES string of the molecule is CCn1cc(CC(CNC(C)C)c2ccccc2Br)cn1. The highest BCUT2D eigenvalue weighted by Crippen LogP contribution is 2.27. The summed E-state index contributed by atoms with van der Waals surface area (Å²) < 4.78 is 3.17. The minimum absolute atomic E-state index is 0.442. The second-order valence-corrected chi connectivity index (χ2v) is 6.54. The Balaban J connectivity index is 2.17. The monoisotopic (exact) mass is 349 g/mol. The number of hydrogen-bond acceptors (Lipinski definition) is 2. The summed E-state index contributed by atoms with van der Waals surface area (Å²) in [6, 6.07) is 9.00. The van der Waals surface area contributed by atoms with Gasteiger partial charge < -0.3 is 5.32 Å². The van der Waals surface area contributed by atoms with E-state index >= 15 is 0 Å².